The summed E-state index contributed by atoms with van der Waals surface area (Å²) >= 11 is 0. The highest BCUT2D eigenvalue weighted by atomic mass is 19.1. The van der Waals surface area contributed by atoms with Gasteiger partial charge in [0.2, 0.25) is 0 Å². The van der Waals surface area contributed by atoms with Crippen molar-refractivity contribution in [3.05, 3.63) is 65.2 Å². The third-order valence-corrected chi connectivity index (χ3v) is 2.53. The highest BCUT2D eigenvalue weighted by Gasteiger charge is 2.09. The molecule has 1 amide bonds. The second kappa shape index (κ2) is 4.96. The van der Waals surface area contributed by atoms with Gasteiger partial charge in [-0.15, -0.1) is 0 Å². The summed E-state index contributed by atoms with van der Waals surface area (Å²) in [5.41, 5.74) is 1.31. The van der Waals surface area contributed by atoms with Crippen LogP contribution in [0, 0.1) is 18.6 Å². The Morgan fingerprint density at radius 1 is 1.06 bits per heavy atom. The minimum atomic E-state index is -0.487. The van der Waals surface area contributed by atoms with E-state index in [1.54, 1.807) is 13.0 Å². The van der Waals surface area contributed by atoms with Crippen LogP contribution >= 0.6 is 0 Å². The first-order valence-electron chi connectivity index (χ1n) is 5.39. The average molecular weight is 247 g/mol. The van der Waals surface area contributed by atoms with Crippen molar-refractivity contribution in [2.24, 2.45) is 0 Å². The van der Waals surface area contributed by atoms with Crippen LogP contribution in [0.25, 0.3) is 0 Å². The number of hydrogen-bond acceptors (Lipinski definition) is 1. The van der Waals surface area contributed by atoms with E-state index in [1.165, 1.54) is 30.3 Å². The molecule has 0 aromatic heterocycles. The summed E-state index contributed by atoms with van der Waals surface area (Å²) in [6.45, 7) is 1.75. The maximum atomic E-state index is 13.1. The average Bonchev–Trinajstić information content (AvgIpc) is 2.34. The molecule has 0 aliphatic heterocycles. The number of carbonyl (C=O) groups excluding carboxylic acids is 1. The van der Waals surface area contributed by atoms with Gasteiger partial charge in [-0.25, -0.2) is 8.78 Å². The third kappa shape index (κ3) is 2.71. The number of hydrogen-bond donors (Lipinski definition) is 1. The molecule has 0 aliphatic rings. The first-order valence-corrected chi connectivity index (χ1v) is 5.39. The molecule has 2 aromatic carbocycles. The summed E-state index contributed by atoms with van der Waals surface area (Å²) in [4.78, 5) is 11.8. The van der Waals surface area contributed by atoms with Crippen LogP contribution in [0.15, 0.2) is 42.5 Å². The van der Waals surface area contributed by atoms with Crippen molar-refractivity contribution in [1.29, 1.82) is 0 Å². The zero-order chi connectivity index (χ0) is 13.1. The van der Waals surface area contributed by atoms with E-state index in [2.05, 4.69) is 5.32 Å². The molecular weight excluding hydrogens is 236 g/mol. The molecule has 0 saturated carbocycles. The Kier molecular flexibility index (Phi) is 3.37. The van der Waals surface area contributed by atoms with E-state index < -0.39 is 17.5 Å². The van der Waals surface area contributed by atoms with Gasteiger partial charge in [-0.3, -0.25) is 4.79 Å². The first-order chi connectivity index (χ1) is 8.56. The number of carbonyl (C=O) groups is 1. The van der Waals surface area contributed by atoms with Gasteiger partial charge in [0.25, 0.3) is 5.91 Å². The van der Waals surface area contributed by atoms with Crippen molar-refractivity contribution >= 4 is 11.6 Å². The van der Waals surface area contributed by atoms with Crippen LogP contribution < -0.4 is 5.32 Å². The largest absolute Gasteiger partial charge is 0.322 e. The molecule has 0 spiro atoms. The quantitative estimate of drug-likeness (QED) is 0.864. The summed E-state index contributed by atoms with van der Waals surface area (Å²) in [7, 11) is 0. The van der Waals surface area contributed by atoms with Crippen LogP contribution in [0.3, 0.4) is 0 Å². The summed E-state index contributed by atoms with van der Waals surface area (Å²) in [6.07, 6.45) is 0. The summed E-state index contributed by atoms with van der Waals surface area (Å²) in [6, 6.07) is 9.43. The highest BCUT2D eigenvalue weighted by molar-refractivity contribution is 6.04. The fourth-order valence-electron chi connectivity index (χ4n) is 1.55. The van der Waals surface area contributed by atoms with Gasteiger partial charge in [0.05, 0.1) is 0 Å². The molecule has 0 fully saturated rings. The molecule has 2 nitrogen and oxygen atoms in total. The van der Waals surface area contributed by atoms with Crippen LogP contribution in [0.2, 0.25) is 0 Å². The number of benzene rings is 2. The first kappa shape index (κ1) is 12.2. The Morgan fingerprint density at radius 3 is 2.50 bits per heavy atom. The lowest BCUT2D eigenvalue weighted by atomic mass is 10.1. The molecule has 0 aliphatic carbocycles. The lowest BCUT2D eigenvalue weighted by Gasteiger charge is -2.08. The van der Waals surface area contributed by atoms with Crippen molar-refractivity contribution in [2.75, 3.05) is 5.32 Å². The van der Waals surface area contributed by atoms with E-state index >= 15 is 0 Å². The molecule has 0 radical (unpaired) electrons. The van der Waals surface area contributed by atoms with E-state index in [1.807, 2.05) is 0 Å². The van der Waals surface area contributed by atoms with Gasteiger partial charge >= 0.3 is 0 Å². The Morgan fingerprint density at radius 2 is 1.78 bits per heavy atom. The van der Waals surface area contributed by atoms with Crippen LogP contribution in [0.1, 0.15) is 15.9 Å². The van der Waals surface area contributed by atoms with Gasteiger partial charge in [-0.1, -0.05) is 12.1 Å². The highest BCUT2D eigenvalue weighted by Crippen LogP contribution is 2.17. The molecule has 0 bridgehead atoms. The molecule has 0 heterocycles. The predicted molar refractivity (Wildman–Crippen MR) is 65.5 cm³/mol. The maximum Gasteiger partial charge on any atom is 0.255 e. The van der Waals surface area contributed by atoms with Gasteiger partial charge in [0.1, 0.15) is 11.6 Å². The topological polar surface area (TPSA) is 29.1 Å². The monoisotopic (exact) mass is 247 g/mol. The van der Waals surface area contributed by atoms with E-state index in [0.717, 1.165) is 11.6 Å². The summed E-state index contributed by atoms with van der Waals surface area (Å²) < 4.78 is 26.0. The molecular formula is C14H11F2NO. The zero-order valence-electron chi connectivity index (χ0n) is 9.71. The predicted octanol–water partition coefficient (Wildman–Crippen LogP) is 3.53. The minimum Gasteiger partial charge on any atom is -0.322 e. The number of anilines is 1. The van der Waals surface area contributed by atoms with Crippen molar-refractivity contribution in [3.63, 3.8) is 0 Å². The van der Waals surface area contributed by atoms with Crippen LogP contribution in [-0.2, 0) is 0 Å². The molecule has 1 N–H and O–H groups in total. The molecule has 0 atom stereocenters. The van der Waals surface area contributed by atoms with Crippen LogP contribution in [0.5, 0.6) is 0 Å². The molecule has 0 saturated heterocycles. The van der Waals surface area contributed by atoms with Crippen molar-refractivity contribution in [2.45, 2.75) is 6.92 Å². The Bertz CT molecular complexity index is 596. The van der Waals surface area contributed by atoms with Crippen molar-refractivity contribution in [1.82, 2.24) is 0 Å². The van der Waals surface area contributed by atoms with Crippen molar-refractivity contribution < 1.29 is 13.6 Å². The number of aryl methyl sites for hydroxylation is 1. The van der Waals surface area contributed by atoms with Gasteiger partial charge in [0.15, 0.2) is 0 Å². The van der Waals surface area contributed by atoms with E-state index in [4.69, 9.17) is 0 Å². The standard InChI is InChI=1S/C14H11F2NO/c1-9-5-6-12(16)8-13(9)17-14(18)10-3-2-4-11(15)7-10/h2-8H,1H3,(H,17,18). The normalized spacial score (nSPS) is 10.2. The number of halogens is 2. The molecule has 2 rings (SSSR count). The van der Waals surface area contributed by atoms with Gasteiger partial charge in [0, 0.05) is 11.3 Å². The van der Waals surface area contributed by atoms with E-state index in [0.29, 0.717) is 5.69 Å². The number of rotatable bonds is 2. The molecule has 0 unspecified atom stereocenters. The van der Waals surface area contributed by atoms with Crippen LogP contribution in [-0.4, -0.2) is 5.91 Å². The summed E-state index contributed by atoms with van der Waals surface area (Å²) in [5, 5.41) is 2.55. The van der Waals surface area contributed by atoms with Gasteiger partial charge < -0.3 is 5.32 Å². The molecule has 2 aromatic rings. The Hall–Kier alpha value is -2.23. The second-order valence-electron chi connectivity index (χ2n) is 3.92. The SMILES string of the molecule is Cc1ccc(F)cc1NC(=O)c1cccc(F)c1. The maximum absolute atomic E-state index is 13.1. The van der Waals surface area contributed by atoms with Crippen molar-refractivity contribution in [3.8, 4) is 0 Å². The smallest absolute Gasteiger partial charge is 0.255 e. The zero-order valence-corrected chi connectivity index (χ0v) is 9.71. The van der Waals surface area contributed by atoms with Gasteiger partial charge in [-0.2, -0.15) is 0 Å². The number of nitrogens with one attached hydrogen (secondary N) is 1. The fourth-order valence-corrected chi connectivity index (χ4v) is 1.55. The number of amides is 1. The van der Waals surface area contributed by atoms with Gasteiger partial charge in [-0.05, 0) is 42.8 Å². The lowest BCUT2D eigenvalue weighted by molar-refractivity contribution is 0.102. The van der Waals surface area contributed by atoms with E-state index in [-0.39, 0.29) is 5.56 Å². The fraction of sp³-hybridized carbons (Fsp3) is 0.0714. The van der Waals surface area contributed by atoms with Crippen LogP contribution in [0.4, 0.5) is 14.5 Å². The molecule has 18 heavy (non-hydrogen) atoms. The third-order valence-electron chi connectivity index (χ3n) is 2.53. The summed E-state index contributed by atoms with van der Waals surface area (Å²) in [5.74, 6) is -1.39. The Labute approximate surface area is 103 Å². The molecule has 4 heteroatoms. The van der Waals surface area contributed by atoms with E-state index in [9.17, 15) is 13.6 Å². The minimum absolute atomic E-state index is 0.193. The Balaban J connectivity index is 2.24. The molecule has 92 valence electrons. The lowest BCUT2D eigenvalue weighted by Crippen LogP contribution is -2.13. The second-order valence-corrected chi connectivity index (χ2v) is 3.92.